The van der Waals surface area contributed by atoms with E-state index in [-0.39, 0.29) is 5.92 Å². The van der Waals surface area contributed by atoms with Gasteiger partial charge >= 0.3 is 5.97 Å². The Bertz CT molecular complexity index is 461. The van der Waals surface area contributed by atoms with Gasteiger partial charge in [0, 0.05) is 32.1 Å². The van der Waals surface area contributed by atoms with Crippen molar-refractivity contribution in [3.63, 3.8) is 0 Å². The molecule has 18 heavy (non-hydrogen) atoms. The van der Waals surface area contributed by atoms with E-state index in [4.69, 9.17) is 4.74 Å². The molecule has 1 aromatic rings. The van der Waals surface area contributed by atoms with Crippen LogP contribution in [-0.2, 0) is 17.7 Å². The van der Waals surface area contributed by atoms with Crippen LogP contribution in [0.2, 0.25) is 0 Å². The molecule has 2 aliphatic rings. The fourth-order valence-electron chi connectivity index (χ4n) is 2.99. The summed E-state index contributed by atoms with van der Waals surface area (Å²) in [6.07, 6.45) is 4.84. The maximum atomic E-state index is 11.5. The van der Waals surface area contributed by atoms with Crippen molar-refractivity contribution in [3.8, 4) is 0 Å². The number of aryl methyl sites for hydroxylation is 1. The number of nitrogens with zero attached hydrogens (tertiary/aromatic N) is 2. The molecule has 0 amide bonds. The Morgan fingerprint density at radius 2 is 2.11 bits per heavy atom. The van der Waals surface area contributed by atoms with Crippen molar-refractivity contribution < 1.29 is 14.6 Å². The third-order valence-electron chi connectivity index (χ3n) is 3.92. The first-order valence-electron chi connectivity index (χ1n) is 6.67. The molecule has 2 aliphatic heterocycles. The van der Waals surface area contributed by atoms with E-state index in [1.807, 2.05) is 4.57 Å². The molecule has 1 fully saturated rings. The van der Waals surface area contributed by atoms with E-state index in [1.165, 1.54) is 0 Å². The van der Waals surface area contributed by atoms with Crippen molar-refractivity contribution >= 4 is 5.97 Å². The van der Waals surface area contributed by atoms with Crippen molar-refractivity contribution in [1.29, 1.82) is 0 Å². The van der Waals surface area contributed by atoms with Gasteiger partial charge in [-0.25, -0.2) is 9.78 Å². The largest absolute Gasteiger partial charge is 0.477 e. The Kier molecular flexibility index (Phi) is 3.07. The monoisotopic (exact) mass is 250 g/mol. The van der Waals surface area contributed by atoms with Crippen LogP contribution in [0.15, 0.2) is 0 Å². The van der Waals surface area contributed by atoms with Crippen molar-refractivity contribution in [1.82, 2.24) is 9.55 Å². The molecule has 1 saturated heterocycles. The highest BCUT2D eigenvalue weighted by molar-refractivity contribution is 5.87. The number of aromatic nitrogens is 2. The molecule has 0 bridgehead atoms. The zero-order chi connectivity index (χ0) is 12.5. The number of ether oxygens (including phenoxy) is 1. The van der Waals surface area contributed by atoms with Gasteiger partial charge in [0.1, 0.15) is 5.82 Å². The molecule has 1 N–H and O–H groups in total. The third kappa shape index (κ3) is 1.92. The van der Waals surface area contributed by atoms with Crippen molar-refractivity contribution in [3.05, 3.63) is 17.2 Å². The quantitative estimate of drug-likeness (QED) is 0.869. The predicted molar refractivity (Wildman–Crippen MR) is 64.9 cm³/mol. The van der Waals surface area contributed by atoms with Gasteiger partial charge in [-0.2, -0.15) is 0 Å². The number of aromatic carboxylic acids is 1. The number of carboxylic acids is 1. The fourth-order valence-corrected chi connectivity index (χ4v) is 2.99. The minimum absolute atomic E-state index is 0.253. The summed E-state index contributed by atoms with van der Waals surface area (Å²) >= 11 is 0. The second-order valence-corrected chi connectivity index (χ2v) is 5.06. The molecule has 0 radical (unpaired) electrons. The van der Waals surface area contributed by atoms with Gasteiger partial charge < -0.3 is 14.4 Å². The van der Waals surface area contributed by atoms with Crippen LogP contribution in [0.1, 0.15) is 53.6 Å². The van der Waals surface area contributed by atoms with Crippen LogP contribution in [-0.4, -0.2) is 33.8 Å². The zero-order valence-electron chi connectivity index (χ0n) is 10.4. The Labute approximate surface area is 106 Å². The summed E-state index contributed by atoms with van der Waals surface area (Å²) in [7, 11) is 0. The van der Waals surface area contributed by atoms with Crippen LogP contribution in [0.5, 0.6) is 0 Å². The minimum Gasteiger partial charge on any atom is -0.477 e. The number of rotatable bonds is 2. The van der Waals surface area contributed by atoms with E-state index in [9.17, 15) is 9.90 Å². The van der Waals surface area contributed by atoms with Crippen LogP contribution in [0.4, 0.5) is 0 Å². The standard InChI is InChI=1S/C13H18N2O3/c16-13(17)12-11(9-4-7-18-8-5-9)14-10-3-1-2-6-15(10)12/h9H,1-8H2,(H,16,17). The Balaban J connectivity index is 2.01. The lowest BCUT2D eigenvalue weighted by atomic mass is 9.95. The van der Waals surface area contributed by atoms with E-state index in [1.54, 1.807) is 0 Å². The predicted octanol–water partition coefficient (Wildman–Crippen LogP) is 1.81. The van der Waals surface area contributed by atoms with Gasteiger partial charge in [-0.15, -0.1) is 0 Å². The van der Waals surface area contributed by atoms with E-state index in [2.05, 4.69) is 4.98 Å². The van der Waals surface area contributed by atoms with Crippen LogP contribution >= 0.6 is 0 Å². The molecular weight excluding hydrogens is 232 g/mol. The normalized spacial score (nSPS) is 20.7. The van der Waals surface area contributed by atoms with E-state index in [0.29, 0.717) is 18.9 Å². The molecule has 0 aromatic carbocycles. The first-order valence-corrected chi connectivity index (χ1v) is 6.67. The van der Waals surface area contributed by atoms with Gasteiger partial charge in [0.05, 0.1) is 5.69 Å². The maximum Gasteiger partial charge on any atom is 0.354 e. The van der Waals surface area contributed by atoms with Crippen LogP contribution < -0.4 is 0 Å². The van der Waals surface area contributed by atoms with Crippen molar-refractivity contribution in [2.45, 2.75) is 44.6 Å². The van der Waals surface area contributed by atoms with Crippen LogP contribution in [0, 0.1) is 0 Å². The molecule has 1 aromatic heterocycles. The number of hydrogen-bond acceptors (Lipinski definition) is 3. The molecule has 0 spiro atoms. The number of hydrogen-bond donors (Lipinski definition) is 1. The van der Waals surface area contributed by atoms with Crippen LogP contribution in [0.25, 0.3) is 0 Å². The van der Waals surface area contributed by atoms with Crippen LogP contribution in [0.3, 0.4) is 0 Å². The van der Waals surface area contributed by atoms with Gasteiger partial charge in [0.15, 0.2) is 5.69 Å². The highest BCUT2D eigenvalue weighted by Gasteiger charge is 2.29. The summed E-state index contributed by atoms with van der Waals surface area (Å²) in [5, 5.41) is 9.45. The Morgan fingerprint density at radius 3 is 2.83 bits per heavy atom. The lowest BCUT2D eigenvalue weighted by Gasteiger charge is -2.21. The highest BCUT2D eigenvalue weighted by Crippen LogP contribution is 2.31. The lowest BCUT2D eigenvalue weighted by Crippen LogP contribution is -2.19. The topological polar surface area (TPSA) is 64.3 Å². The summed E-state index contributed by atoms with van der Waals surface area (Å²) < 4.78 is 7.25. The molecular formula is C13H18N2O3. The van der Waals surface area contributed by atoms with Gasteiger partial charge in [-0.3, -0.25) is 0 Å². The first kappa shape index (κ1) is 11.7. The fraction of sp³-hybridized carbons (Fsp3) is 0.692. The second kappa shape index (κ2) is 4.72. The SMILES string of the molecule is O=C(O)c1c(C2CCOCC2)nc2n1CCCC2. The summed E-state index contributed by atoms with van der Waals surface area (Å²) in [6.45, 7) is 2.23. The average Bonchev–Trinajstić information content (AvgIpc) is 2.79. The molecule has 0 aliphatic carbocycles. The van der Waals surface area contributed by atoms with Crippen molar-refractivity contribution in [2.75, 3.05) is 13.2 Å². The molecule has 0 unspecified atom stereocenters. The Hall–Kier alpha value is -1.36. The maximum absolute atomic E-state index is 11.5. The molecule has 98 valence electrons. The molecule has 5 nitrogen and oxygen atoms in total. The van der Waals surface area contributed by atoms with Gasteiger partial charge in [-0.1, -0.05) is 0 Å². The summed E-state index contributed by atoms with van der Waals surface area (Å²) in [5.74, 6) is 0.375. The molecule has 0 saturated carbocycles. The minimum atomic E-state index is -0.836. The molecule has 5 heteroatoms. The summed E-state index contributed by atoms with van der Waals surface area (Å²) in [5.41, 5.74) is 1.22. The number of imidazole rings is 1. The third-order valence-corrected chi connectivity index (χ3v) is 3.92. The summed E-state index contributed by atoms with van der Waals surface area (Å²) in [6, 6.07) is 0. The number of fused-ring (bicyclic) bond motifs is 1. The van der Waals surface area contributed by atoms with E-state index in [0.717, 1.165) is 50.2 Å². The molecule has 0 atom stereocenters. The number of carbonyl (C=O) groups is 1. The average molecular weight is 250 g/mol. The molecule has 3 rings (SSSR count). The lowest BCUT2D eigenvalue weighted by molar-refractivity contribution is 0.0671. The van der Waals surface area contributed by atoms with E-state index >= 15 is 0 Å². The van der Waals surface area contributed by atoms with Gasteiger partial charge in [0.25, 0.3) is 0 Å². The highest BCUT2D eigenvalue weighted by atomic mass is 16.5. The first-order chi connectivity index (χ1) is 8.77. The zero-order valence-corrected chi connectivity index (χ0v) is 10.4. The van der Waals surface area contributed by atoms with Crippen molar-refractivity contribution in [2.24, 2.45) is 0 Å². The van der Waals surface area contributed by atoms with Gasteiger partial charge in [-0.05, 0) is 25.7 Å². The number of carboxylic acid groups (broad SMARTS) is 1. The Morgan fingerprint density at radius 1 is 1.33 bits per heavy atom. The van der Waals surface area contributed by atoms with E-state index < -0.39 is 5.97 Å². The summed E-state index contributed by atoms with van der Waals surface area (Å²) in [4.78, 5) is 16.1. The van der Waals surface area contributed by atoms with Gasteiger partial charge in [0.2, 0.25) is 0 Å². The smallest absolute Gasteiger partial charge is 0.354 e. The molecule has 3 heterocycles. The second-order valence-electron chi connectivity index (χ2n) is 5.06.